The molecule has 2 aliphatic rings. The molecule has 2 fully saturated rings. The molecule has 1 aromatic carbocycles. The van der Waals surface area contributed by atoms with Crippen molar-refractivity contribution in [3.63, 3.8) is 0 Å². The number of nitrogens with one attached hydrogen (secondary N) is 1. The molecule has 0 radical (unpaired) electrons. The zero-order chi connectivity index (χ0) is 19.4. The normalized spacial score (nSPS) is 21.0. The quantitative estimate of drug-likeness (QED) is 0.863. The summed E-state index contributed by atoms with van der Waals surface area (Å²) in [4.78, 5) is 27.9. The van der Waals surface area contributed by atoms with Crippen LogP contribution in [0.25, 0.3) is 0 Å². The van der Waals surface area contributed by atoms with Gasteiger partial charge < -0.3 is 14.5 Å². The number of rotatable bonds is 5. The number of nitrogens with zero attached hydrogens (tertiary/aromatic N) is 1. The molecule has 0 bridgehead atoms. The van der Waals surface area contributed by atoms with Gasteiger partial charge >= 0.3 is 0 Å². The van der Waals surface area contributed by atoms with Crippen LogP contribution in [0.2, 0.25) is 0 Å². The number of benzene rings is 1. The van der Waals surface area contributed by atoms with Crippen LogP contribution >= 0.6 is 0 Å². The van der Waals surface area contributed by atoms with Crippen molar-refractivity contribution < 1.29 is 18.7 Å². The highest BCUT2D eigenvalue weighted by Crippen LogP contribution is 2.40. The summed E-state index contributed by atoms with van der Waals surface area (Å²) < 4.78 is 11.4. The largest absolute Gasteiger partial charge is 0.467 e. The highest BCUT2D eigenvalue weighted by atomic mass is 16.5. The lowest BCUT2D eigenvalue weighted by Gasteiger charge is -2.41. The van der Waals surface area contributed by atoms with Gasteiger partial charge in [0.15, 0.2) is 0 Å². The van der Waals surface area contributed by atoms with Crippen molar-refractivity contribution in [2.75, 3.05) is 6.61 Å². The molecular weight excluding hydrogens is 356 g/mol. The van der Waals surface area contributed by atoms with Crippen molar-refractivity contribution in [1.82, 2.24) is 10.2 Å². The van der Waals surface area contributed by atoms with Gasteiger partial charge in [-0.15, -0.1) is 0 Å². The molecular formula is C22H26N2O4. The van der Waals surface area contributed by atoms with Gasteiger partial charge in [0.2, 0.25) is 11.8 Å². The second-order valence-corrected chi connectivity index (χ2v) is 7.56. The molecule has 1 N–H and O–H groups in total. The minimum absolute atomic E-state index is 0.0521. The lowest BCUT2D eigenvalue weighted by Crippen LogP contribution is -2.56. The molecule has 28 heavy (non-hydrogen) atoms. The summed E-state index contributed by atoms with van der Waals surface area (Å²) >= 11 is 0. The summed E-state index contributed by atoms with van der Waals surface area (Å²) in [7, 11) is 0. The minimum Gasteiger partial charge on any atom is -0.467 e. The molecule has 1 saturated carbocycles. The van der Waals surface area contributed by atoms with Crippen molar-refractivity contribution in [3.8, 4) is 0 Å². The van der Waals surface area contributed by atoms with E-state index in [1.54, 1.807) is 17.2 Å². The van der Waals surface area contributed by atoms with E-state index in [1.165, 1.54) is 0 Å². The Morgan fingerprint density at radius 2 is 1.86 bits per heavy atom. The molecule has 4 rings (SSSR count). The second-order valence-electron chi connectivity index (χ2n) is 7.56. The Bertz CT molecular complexity index is 797. The SMILES string of the molecule is O=C(NCc1ccco1)C1COC2(CCCCC2)N1C(=O)Cc1ccccc1. The van der Waals surface area contributed by atoms with Gasteiger partial charge in [-0.25, -0.2) is 0 Å². The average Bonchev–Trinajstić information content (AvgIpc) is 3.36. The van der Waals surface area contributed by atoms with Gasteiger partial charge in [-0.1, -0.05) is 36.8 Å². The van der Waals surface area contributed by atoms with Gasteiger partial charge in [0.25, 0.3) is 0 Å². The maximum atomic E-state index is 13.3. The topological polar surface area (TPSA) is 71.8 Å². The number of hydrogen-bond acceptors (Lipinski definition) is 4. The predicted molar refractivity (Wildman–Crippen MR) is 103 cm³/mol. The van der Waals surface area contributed by atoms with Crippen LogP contribution < -0.4 is 5.32 Å². The zero-order valence-electron chi connectivity index (χ0n) is 15.9. The summed E-state index contributed by atoms with van der Waals surface area (Å²) in [6, 6.07) is 12.6. The first-order valence-electron chi connectivity index (χ1n) is 9.98. The Balaban J connectivity index is 1.52. The van der Waals surface area contributed by atoms with Gasteiger partial charge in [0, 0.05) is 0 Å². The maximum Gasteiger partial charge on any atom is 0.245 e. The third-order valence-electron chi connectivity index (χ3n) is 5.68. The van der Waals surface area contributed by atoms with Crippen molar-refractivity contribution in [2.24, 2.45) is 0 Å². The molecule has 1 unspecified atom stereocenters. The molecule has 2 amide bonds. The van der Waals surface area contributed by atoms with Crippen molar-refractivity contribution in [3.05, 3.63) is 60.1 Å². The van der Waals surface area contributed by atoms with Crippen LogP contribution in [0.15, 0.2) is 53.1 Å². The number of carbonyl (C=O) groups is 2. The summed E-state index contributed by atoms with van der Waals surface area (Å²) in [6.45, 7) is 0.542. The van der Waals surface area contributed by atoms with Gasteiger partial charge in [0.05, 0.1) is 25.8 Å². The minimum atomic E-state index is -0.642. The third-order valence-corrected chi connectivity index (χ3v) is 5.68. The fourth-order valence-electron chi connectivity index (χ4n) is 4.31. The smallest absolute Gasteiger partial charge is 0.245 e. The third kappa shape index (κ3) is 3.83. The first-order valence-corrected chi connectivity index (χ1v) is 9.98. The number of carbonyl (C=O) groups excluding carboxylic acids is 2. The molecule has 1 aliphatic carbocycles. The highest BCUT2D eigenvalue weighted by molar-refractivity contribution is 5.89. The van der Waals surface area contributed by atoms with E-state index in [-0.39, 0.29) is 24.8 Å². The Kier molecular flexibility index (Phi) is 5.48. The van der Waals surface area contributed by atoms with Crippen LogP contribution in [0, 0.1) is 0 Å². The van der Waals surface area contributed by atoms with E-state index in [1.807, 2.05) is 36.4 Å². The maximum absolute atomic E-state index is 13.3. The van der Waals surface area contributed by atoms with Crippen LogP contribution in [0.1, 0.15) is 43.4 Å². The number of amides is 2. The number of furan rings is 1. The average molecular weight is 382 g/mol. The second kappa shape index (κ2) is 8.19. The first-order chi connectivity index (χ1) is 13.7. The van der Waals surface area contributed by atoms with Crippen LogP contribution in [-0.4, -0.2) is 35.1 Å². The van der Waals surface area contributed by atoms with E-state index in [9.17, 15) is 9.59 Å². The van der Waals surface area contributed by atoms with Gasteiger partial charge in [0.1, 0.15) is 17.5 Å². The molecule has 1 aromatic heterocycles. The fourth-order valence-corrected chi connectivity index (χ4v) is 4.31. The molecule has 1 atom stereocenters. The summed E-state index contributed by atoms with van der Waals surface area (Å²) in [6.07, 6.45) is 6.58. The van der Waals surface area contributed by atoms with E-state index in [4.69, 9.17) is 9.15 Å². The van der Waals surface area contributed by atoms with Gasteiger partial charge in [-0.2, -0.15) is 0 Å². The summed E-state index contributed by atoms with van der Waals surface area (Å²) in [5, 5.41) is 2.89. The lowest BCUT2D eigenvalue weighted by atomic mass is 9.89. The van der Waals surface area contributed by atoms with E-state index in [0.717, 1.165) is 37.7 Å². The number of hydrogen-bond donors (Lipinski definition) is 1. The number of ether oxygens (including phenoxy) is 1. The Morgan fingerprint density at radius 3 is 2.57 bits per heavy atom. The van der Waals surface area contributed by atoms with E-state index < -0.39 is 11.8 Å². The molecule has 148 valence electrons. The van der Waals surface area contributed by atoms with Crippen LogP contribution in [-0.2, 0) is 27.3 Å². The predicted octanol–water partition coefficient (Wildman–Crippen LogP) is 3.03. The van der Waals surface area contributed by atoms with Crippen LogP contribution in [0.5, 0.6) is 0 Å². The first kappa shape index (κ1) is 18.7. The molecule has 6 heteroatoms. The van der Waals surface area contributed by atoms with Crippen molar-refractivity contribution >= 4 is 11.8 Å². The Labute approximate surface area is 164 Å². The van der Waals surface area contributed by atoms with Crippen molar-refractivity contribution in [1.29, 1.82) is 0 Å². The van der Waals surface area contributed by atoms with Gasteiger partial charge in [-0.3, -0.25) is 14.5 Å². The van der Waals surface area contributed by atoms with Crippen LogP contribution in [0.4, 0.5) is 0 Å². The highest BCUT2D eigenvalue weighted by Gasteiger charge is 2.52. The Hall–Kier alpha value is -2.60. The zero-order valence-corrected chi connectivity index (χ0v) is 15.9. The van der Waals surface area contributed by atoms with Gasteiger partial charge in [-0.05, 0) is 43.4 Å². The monoisotopic (exact) mass is 382 g/mol. The van der Waals surface area contributed by atoms with E-state index in [2.05, 4.69) is 5.32 Å². The molecule has 2 aromatic rings. The standard InChI is InChI=1S/C22H26N2O4/c25-20(14-17-8-3-1-4-9-17)24-19(16-28-22(24)11-5-2-6-12-22)21(26)23-15-18-10-7-13-27-18/h1,3-4,7-10,13,19H,2,5-6,11-12,14-16H2,(H,23,26). The fraction of sp³-hybridized carbons (Fsp3) is 0.455. The van der Waals surface area contributed by atoms with E-state index in [0.29, 0.717) is 12.3 Å². The van der Waals surface area contributed by atoms with E-state index >= 15 is 0 Å². The Morgan fingerprint density at radius 1 is 1.07 bits per heavy atom. The van der Waals surface area contributed by atoms with Crippen molar-refractivity contribution in [2.45, 2.75) is 56.8 Å². The molecule has 6 nitrogen and oxygen atoms in total. The molecule has 2 heterocycles. The molecule has 1 spiro atoms. The lowest BCUT2D eigenvalue weighted by molar-refractivity contribution is -0.159. The molecule has 1 aliphatic heterocycles. The summed E-state index contributed by atoms with van der Waals surface area (Å²) in [5.74, 6) is 0.436. The summed E-state index contributed by atoms with van der Waals surface area (Å²) in [5.41, 5.74) is 0.302. The molecule has 1 saturated heterocycles. The van der Waals surface area contributed by atoms with Crippen LogP contribution in [0.3, 0.4) is 0 Å².